The lowest BCUT2D eigenvalue weighted by Gasteiger charge is -2.11. The number of amides is 1. The molecular weight excluding hydrogens is 239 g/mol. The van der Waals surface area contributed by atoms with Crippen LogP contribution in [0, 0.1) is 5.92 Å². The van der Waals surface area contributed by atoms with E-state index >= 15 is 0 Å². The van der Waals surface area contributed by atoms with Crippen LogP contribution in [-0.2, 0) is 4.79 Å². The van der Waals surface area contributed by atoms with Crippen molar-refractivity contribution in [2.75, 3.05) is 11.9 Å². The Kier molecular flexibility index (Phi) is 4.26. The van der Waals surface area contributed by atoms with E-state index in [9.17, 15) is 4.79 Å². The van der Waals surface area contributed by atoms with Crippen LogP contribution < -0.4 is 11.1 Å². The van der Waals surface area contributed by atoms with Crippen LogP contribution >= 0.6 is 23.2 Å². The number of nitrogens with zero attached hydrogens (tertiary/aromatic N) is 2. The molecular formula is C8H10Cl2N4O. The Labute approximate surface area is 97.0 Å². The van der Waals surface area contributed by atoms with Gasteiger partial charge in [0.2, 0.25) is 5.91 Å². The summed E-state index contributed by atoms with van der Waals surface area (Å²) in [7, 11) is 0. The van der Waals surface area contributed by atoms with E-state index in [1.807, 2.05) is 0 Å². The van der Waals surface area contributed by atoms with Crippen molar-refractivity contribution in [1.82, 2.24) is 9.97 Å². The molecule has 7 heteroatoms. The minimum atomic E-state index is -0.322. The number of anilines is 1. The molecule has 0 saturated heterocycles. The molecule has 1 unspecified atom stereocenters. The van der Waals surface area contributed by atoms with E-state index in [2.05, 4.69) is 15.3 Å². The maximum atomic E-state index is 11.5. The monoisotopic (exact) mass is 248 g/mol. The maximum Gasteiger partial charge on any atom is 0.228 e. The van der Waals surface area contributed by atoms with Crippen molar-refractivity contribution < 1.29 is 4.79 Å². The predicted molar refractivity (Wildman–Crippen MR) is 58.9 cm³/mol. The van der Waals surface area contributed by atoms with Crippen LogP contribution in [0.1, 0.15) is 6.92 Å². The molecule has 0 saturated carbocycles. The summed E-state index contributed by atoms with van der Waals surface area (Å²) in [6.45, 7) is 1.94. The van der Waals surface area contributed by atoms with E-state index in [1.54, 1.807) is 6.92 Å². The van der Waals surface area contributed by atoms with Crippen LogP contribution in [0.2, 0.25) is 10.3 Å². The zero-order valence-electron chi connectivity index (χ0n) is 8.00. The van der Waals surface area contributed by atoms with Crippen LogP contribution in [-0.4, -0.2) is 22.4 Å². The van der Waals surface area contributed by atoms with Crippen LogP contribution in [0.3, 0.4) is 0 Å². The minimum absolute atomic E-state index is 0.104. The molecule has 1 atom stereocenters. The van der Waals surface area contributed by atoms with Gasteiger partial charge in [0.15, 0.2) is 10.3 Å². The third kappa shape index (κ3) is 3.02. The largest absolute Gasteiger partial charge is 0.330 e. The van der Waals surface area contributed by atoms with Gasteiger partial charge in [-0.25, -0.2) is 9.97 Å². The molecule has 0 radical (unpaired) electrons. The van der Waals surface area contributed by atoms with Crippen LogP contribution in [0.5, 0.6) is 0 Å². The van der Waals surface area contributed by atoms with Gasteiger partial charge in [-0.05, 0) is 0 Å². The first-order chi connectivity index (χ1) is 7.06. The summed E-state index contributed by atoms with van der Waals surface area (Å²) in [5, 5.41) is 2.73. The highest BCUT2D eigenvalue weighted by atomic mass is 35.5. The molecule has 3 N–H and O–H groups in total. The molecule has 0 aliphatic heterocycles. The lowest BCUT2D eigenvalue weighted by atomic mass is 10.2. The lowest BCUT2D eigenvalue weighted by molar-refractivity contribution is -0.119. The number of nitrogens with one attached hydrogen (secondary N) is 1. The fraction of sp³-hybridized carbons (Fsp3) is 0.375. The molecule has 1 heterocycles. The fourth-order valence-corrected chi connectivity index (χ4v) is 1.21. The second-order valence-electron chi connectivity index (χ2n) is 2.96. The van der Waals surface area contributed by atoms with Gasteiger partial charge in [-0.2, -0.15) is 0 Å². The number of hydrogen-bond acceptors (Lipinski definition) is 4. The number of rotatable bonds is 3. The third-order valence-corrected chi connectivity index (χ3v) is 2.38. The first kappa shape index (κ1) is 12.2. The first-order valence-electron chi connectivity index (χ1n) is 4.23. The second kappa shape index (κ2) is 5.25. The molecule has 0 fully saturated rings. The van der Waals surface area contributed by atoms with E-state index in [1.165, 1.54) is 6.33 Å². The van der Waals surface area contributed by atoms with Crippen molar-refractivity contribution in [2.24, 2.45) is 11.7 Å². The average molecular weight is 249 g/mol. The van der Waals surface area contributed by atoms with Gasteiger partial charge >= 0.3 is 0 Å². The van der Waals surface area contributed by atoms with E-state index in [-0.39, 0.29) is 34.4 Å². The fourth-order valence-electron chi connectivity index (χ4n) is 0.801. The second-order valence-corrected chi connectivity index (χ2v) is 3.67. The molecule has 1 amide bonds. The number of carbonyl (C=O) groups excluding carboxylic acids is 1. The molecule has 1 aromatic heterocycles. The van der Waals surface area contributed by atoms with Gasteiger partial charge in [0.05, 0.1) is 0 Å². The Morgan fingerprint density at radius 1 is 1.53 bits per heavy atom. The number of hydrogen-bond donors (Lipinski definition) is 2. The number of aromatic nitrogens is 2. The first-order valence-corrected chi connectivity index (χ1v) is 4.98. The minimum Gasteiger partial charge on any atom is -0.330 e. The zero-order chi connectivity index (χ0) is 11.4. The van der Waals surface area contributed by atoms with Gasteiger partial charge in [-0.15, -0.1) is 0 Å². The van der Waals surface area contributed by atoms with Crippen molar-refractivity contribution in [3.05, 3.63) is 16.6 Å². The number of carbonyl (C=O) groups is 1. The van der Waals surface area contributed by atoms with Crippen molar-refractivity contribution >= 4 is 34.8 Å². The maximum absolute atomic E-state index is 11.5. The molecule has 1 rings (SSSR count). The Balaban J connectivity index is 2.85. The van der Waals surface area contributed by atoms with E-state index in [0.717, 1.165) is 0 Å². The highest BCUT2D eigenvalue weighted by Crippen LogP contribution is 2.25. The normalized spacial score (nSPS) is 12.3. The molecule has 0 spiro atoms. The van der Waals surface area contributed by atoms with Crippen molar-refractivity contribution in [2.45, 2.75) is 6.92 Å². The summed E-state index contributed by atoms with van der Waals surface area (Å²) < 4.78 is 0. The van der Waals surface area contributed by atoms with Crippen molar-refractivity contribution in [3.63, 3.8) is 0 Å². The van der Waals surface area contributed by atoms with Gasteiger partial charge < -0.3 is 11.1 Å². The molecule has 0 aliphatic carbocycles. The summed E-state index contributed by atoms with van der Waals surface area (Å²) in [5.74, 6) is -0.589. The molecule has 5 nitrogen and oxygen atoms in total. The third-order valence-electron chi connectivity index (χ3n) is 1.80. The zero-order valence-corrected chi connectivity index (χ0v) is 9.51. The Hall–Kier alpha value is -0.910. The molecule has 0 aliphatic rings. The van der Waals surface area contributed by atoms with E-state index < -0.39 is 0 Å². The highest BCUT2D eigenvalue weighted by Gasteiger charge is 2.15. The quantitative estimate of drug-likeness (QED) is 0.791. The molecule has 1 aromatic rings. The Morgan fingerprint density at radius 3 is 2.53 bits per heavy atom. The standard InChI is InChI=1S/C8H10Cl2N4O/c1-4(2-11)8(15)14-5-6(9)12-3-13-7(5)10/h3-4H,2,11H2,1H3,(H,14,15). The smallest absolute Gasteiger partial charge is 0.228 e. The van der Waals surface area contributed by atoms with E-state index in [4.69, 9.17) is 28.9 Å². The SMILES string of the molecule is CC(CN)C(=O)Nc1c(Cl)ncnc1Cl. The summed E-state index contributed by atoms with van der Waals surface area (Å²) in [4.78, 5) is 18.9. The summed E-state index contributed by atoms with van der Waals surface area (Å²) in [6, 6.07) is 0. The summed E-state index contributed by atoms with van der Waals surface area (Å²) >= 11 is 11.5. The van der Waals surface area contributed by atoms with Gasteiger partial charge in [-0.3, -0.25) is 4.79 Å². The topological polar surface area (TPSA) is 80.9 Å². The van der Waals surface area contributed by atoms with Crippen LogP contribution in [0.25, 0.3) is 0 Å². The Bertz CT molecular complexity index is 351. The number of nitrogens with two attached hydrogens (primary N) is 1. The average Bonchev–Trinajstić information content (AvgIpc) is 2.22. The van der Waals surface area contributed by atoms with Crippen LogP contribution in [0.4, 0.5) is 5.69 Å². The van der Waals surface area contributed by atoms with Crippen molar-refractivity contribution in [3.8, 4) is 0 Å². The number of halogens is 2. The van der Waals surface area contributed by atoms with Crippen LogP contribution in [0.15, 0.2) is 6.33 Å². The van der Waals surface area contributed by atoms with E-state index in [0.29, 0.717) is 0 Å². The van der Waals surface area contributed by atoms with Gasteiger partial charge in [-0.1, -0.05) is 30.1 Å². The molecule has 0 aromatic carbocycles. The molecule has 82 valence electrons. The molecule has 0 bridgehead atoms. The Morgan fingerprint density at radius 2 is 2.07 bits per heavy atom. The summed E-state index contributed by atoms with van der Waals surface area (Å²) in [5.41, 5.74) is 5.56. The van der Waals surface area contributed by atoms with Gasteiger partial charge in [0.25, 0.3) is 0 Å². The molecule has 15 heavy (non-hydrogen) atoms. The van der Waals surface area contributed by atoms with Gasteiger partial charge in [0.1, 0.15) is 12.0 Å². The predicted octanol–water partition coefficient (Wildman–Crippen LogP) is 1.32. The summed E-state index contributed by atoms with van der Waals surface area (Å²) in [6.07, 6.45) is 1.21. The lowest BCUT2D eigenvalue weighted by Crippen LogP contribution is -2.27. The highest BCUT2D eigenvalue weighted by molar-refractivity contribution is 6.38. The van der Waals surface area contributed by atoms with Crippen molar-refractivity contribution in [1.29, 1.82) is 0 Å². The van der Waals surface area contributed by atoms with Gasteiger partial charge in [0, 0.05) is 12.5 Å².